The molecule has 1 aliphatic heterocycles. The fourth-order valence-corrected chi connectivity index (χ4v) is 2.76. The number of nitrogens with zero attached hydrogens (tertiary/aromatic N) is 1. The third-order valence-electron chi connectivity index (χ3n) is 4.93. The standard InChI is InChI=1S/C17H22BNO4/c1-16(2)17(3,4)23-18(22-16)14-10-19(5)15(20)12-8-7-11(21-6)9-13(12)14/h7-10H,1-6H3. The molecule has 0 N–H and O–H groups in total. The molecule has 1 fully saturated rings. The minimum absolute atomic E-state index is 0.0529. The molecule has 5 nitrogen and oxygen atoms in total. The molecule has 0 unspecified atom stereocenters. The summed E-state index contributed by atoms with van der Waals surface area (Å²) in [5, 5.41) is 1.42. The molecule has 0 atom stereocenters. The lowest BCUT2D eigenvalue weighted by molar-refractivity contribution is 0.00578. The van der Waals surface area contributed by atoms with Gasteiger partial charge in [0.25, 0.3) is 5.56 Å². The van der Waals surface area contributed by atoms with Crippen LogP contribution >= 0.6 is 0 Å². The molecule has 2 aromatic rings. The Morgan fingerprint density at radius 2 is 1.70 bits per heavy atom. The van der Waals surface area contributed by atoms with Crippen LogP contribution in [0.25, 0.3) is 10.8 Å². The Morgan fingerprint density at radius 1 is 1.09 bits per heavy atom. The van der Waals surface area contributed by atoms with Crippen molar-refractivity contribution in [2.24, 2.45) is 7.05 Å². The van der Waals surface area contributed by atoms with Gasteiger partial charge < -0.3 is 18.6 Å². The van der Waals surface area contributed by atoms with E-state index < -0.39 is 18.3 Å². The molecule has 0 aliphatic carbocycles. The number of benzene rings is 1. The SMILES string of the molecule is COc1ccc2c(=O)n(C)cc(B3OC(C)(C)C(C)(C)O3)c2c1. The molecule has 1 aromatic carbocycles. The van der Waals surface area contributed by atoms with Crippen LogP contribution in [0.3, 0.4) is 0 Å². The molecule has 6 heteroatoms. The van der Waals surface area contributed by atoms with Gasteiger partial charge in [0.15, 0.2) is 0 Å². The van der Waals surface area contributed by atoms with E-state index >= 15 is 0 Å². The highest BCUT2D eigenvalue weighted by atomic mass is 16.7. The maximum absolute atomic E-state index is 12.4. The minimum Gasteiger partial charge on any atom is -0.497 e. The molecule has 0 amide bonds. The summed E-state index contributed by atoms with van der Waals surface area (Å²) in [5.74, 6) is 0.698. The number of methoxy groups -OCH3 is 1. The van der Waals surface area contributed by atoms with E-state index in [1.165, 1.54) is 0 Å². The van der Waals surface area contributed by atoms with E-state index in [1.54, 1.807) is 37.1 Å². The van der Waals surface area contributed by atoms with Gasteiger partial charge in [-0.05, 0) is 51.3 Å². The van der Waals surface area contributed by atoms with Gasteiger partial charge in [-0.1, -0.05) is 0 Å². The smallest absolute Gasteiger partial charge is 0.496 e. The molecule has 23 heavy (non-hydrogen) atoms. The molecule has 1 aromatic heterocycles. The van der Waals surface area contributed by atoms with Gasteiger partial charge in [-0.15, -0.1) is 0 Å². The predicted octanol–water partition coefficient (Wildman–Crippen LogP) is 1.85. The Labute approximate surface area is 136 Å². The largest absolute Gasteiger partial charge is 0.497 e. The van der Waals surface area contributed by atoms with Crippen molar-refractivity contribution in [1.82, 2.24) is 4.57 Å². The average Bonchev–Trinajstić information content (AvgIpc) is 2.70. The van der Waals surface area contributed by atoms with Crippen molar-refractivity contribution in [2.45, 2.75) is 38.9 Å². The number of hydrogen-bond acceptors (Lipinski definition) is 4. The van der Waals surface area contributed by atoms with Crippen LogP contribution in [0, 0.1) is 0 Å². The first-order valence-electron chi connectivity index (χ1n) is 7.69. The van der Waals surface area contributed by atoms with Crippen molar-refractivity contribution in [3.63, 3.8) is 0 Å². The molecule has 1 saturated heterocycles. The quantitative estimate of drug-likeness (QED) is 0.794. The monoisotopic (exact) mass is 315 g/mol. The number of aryl methyl sites for hydroxylation is 1. The summed E-state index contributed by atoms with van der Waals surface area (Å²) in [4.78, 5) is 12.4. The first-order valence-corrected chi connectivity index (χ1v) is 7.69. The molecule has 0 spiro atoms. The Balaban J connectivity index is 2.22. The first kappa shape index (κ1) is 16.1. The van der Waals surface area contributed by atoms with E-state index in [1.807, 2.05) is 33.8 Å². The summed E-state index contributed by atoms with van der Waals surface area (Å²) in [6.45, 7) is 8.05. The fraction of sp³-hybridized carbons (Fsp3) is 0.471. The summed E-state index contributed by atoms with van der Waals surface area (Å²) in [6.07, 6.45) is 1.78. The Bertz CT molecular complexity index is 809. The van der Waals surface area contributed by atoms with Gasteiger partial charge in [-0.2, -0.15) is 0 Å². The lowest BCUT2D eigenvalue weighted by atomic mass is 9.77. The Hall–Kier alpha value is -1.79. The highest BCUT2D eigenvalue weighted by Gasteiger charge is 2.52. The predicted molar refractivity (Wildman–Crippen MR) is 91.5 cm³/mol. The number of rotatable bonds is 2. The van der Waals surface area contributed by atoms with Gasteiger partial charge in [0.05, 0.1) is 18.3 Å². The second-order valence-corrected chi connectivity index (χ2v) is 7.00. The maximum atomic E-state index is 12.4. The van der Waals surface area contributed by atoms with Crippen LogP contribution < -0.4 is 15.8 Å². The van der Waals surface area contributed by atoms with Crippen molar-refractivity contribution < 1.29 is 14.0 Å². The fourth-order valence-electron chi connectivity index (χ4n) is 2.76. The van der Waals surface area contributed by atoms with E-state index in [0.29, 0.717) is 11.1 Å². The Kier molecular flexibility index (Phi) is 3.57. The number of pyridine rings is 1. The van der Waals surface area contributed by atoms with Gasteiger partial charge in [-0.3, -0.25) is 4.79 Å². The lowest BCUT2D eigenvalue weighted by Crippen LogP contribution is -2.41. The lowest BCUT2D eigenvalue weighted by Gasteiger charge is -2.32. The summed E-state index contributed by atoms with van der Waals surface area (Å²) in [7, 11) is 2.82. The molecule has 3 rings (SSSR count). The zero-order valence-corrected chi connectivity index (χ0v) is 14.5. The zero-order valence-electron chi connectivity index (χ0n) is 14.5. The molecule has 0 bridgehead atoms. The molecular weight excluding hydrogens is 293 g/mol. The van der Waals surface area contributed by atoms with Crippen molar-refractivity contribution in [1.29, 1.82) is 0 Å². The Morgan fingerprint density at radius 3 is 2.26 bits per heavy atom. The highest BCUT2D eigenvalue weighted by Crippen LogP contribution is 2.37. The van der Waals surface area contributed by atoms with Gasteiger partial charge in [0, 0.05) is 24.1 Å². The summed E-state index contributed by atoms with van der Waals surface area (Å²) < 4.78 is 19.2. The third-order valence-corrected chi connectivity index (χ3v) is 4.93. The van der Waals surface area contributed by atoms with Gasteiger partial charge in [-0.25, -0.2) is 0 Å². The van der Waals surface area contributed by atoms with Crippen molar-refractivity contribution in [2.75, 3.05) is 7.11 Å². The molecule has 0 radical (unpaired) electrons. The number of hydrogen-bond donors (Lipinski definition) is 0. The van der Waals surface area contributed by atoms with Crippen molar-refractivity contribution >= 4 is 23.4 Å². The van der Waals surface area contributed by atoms with Crippen LogP contribution in [0.1, 0.15) is 27.7 Å². The molecule has 122 valence electrons. The second kappa shape index (κ2) is 5.11. The van der Waals surface area contributed by atoms with E-state index in [0.717, 1.165) is 10.8 Å². The van der Waals surface area contributed by atoms with E-state index in [4.69, 9.17) is 14.0 Å². The van der Waals surface area contributed by atoms with Crippen molar-refractivity contribution in [3.8, 4) is 5.75 Å². The minimum atomic E-state index is -0.526. The van der Waals surface area contributed by atoms with Crippen LogP contribution in [0.2, 0.25) is 0 Å². The summed E-state index contributed by atoms with van der Waals surface area (Å²) in [6, 6.07) is 5.43. The summed E-state index contributed by atoms with van der Waals surface area (Å²) in [5.41, 5.74) is -0.0858. The van der Waals surface area contributed by atoms with Gasteiger partial charge in [0.2, 0.25) is 0 Å². The molecule has 1 aliphatic rings. The van der Waals surface area contributed by atoms with Crippen molar-refractivity contribution in [3.05, 3.63) is 34.7 Å². The average molecular weight is 315 g/mol. The molecule has 0 saturated carbocycles. The molecular formula is C17H22BNO4. The van der Waals surface area contributed by atoms with E-state index in [-0.39, 0.29) is 5.56 Å². The zero-order chi connectivity index (χ0) is 17.0. The first-order chi connectivity index (χ1) is 10.7. The number of fused-ring (bicyclic) bond motifs is 1. The molecule has 2 heterocycles. The van der Waals surface area contributed by atoms with Crippen LogP contribution in [0.5, 0.6) is 5.75 Å². The van der Waals surface area contributed by atoms with E-state index in [9.17, 15) is 4.79 Å². The second-order valence-electron chi connectivity index (χ2n) is 7.00. The number of aromatic nitrogens is 1. The van der Waals surface area contributed by atoms with Gasteiger partial charge >= 0.3 is 7.12 Å². The maximum Gasteiger partial charge on any atom is 0.496 e. The van der Waals surface area contributed by atoms with Crippen LogP contribution in [0.4, 0.5) is 0 Å². The normalized spacial score (nSPS) is 19.3. The number of ether oxygens (including phenoxy) is 1. The van der Waals surface area contributed by atoms with E-state index in [2.05, 4.69) is 0 Å². The van der Waals surface area contributed by atoms with Gasteiger partial charge in [0.1, 0.15) is 5.75 Å². The highest BCUT2D eigenvalue weighted by molar-refractivity contribution is 6.65. The van der Waals surface area contributed by atoms with Crippen LogP contribution in [0.15, 0.2) is 29.2 Å². The topological polar surface area (TPSA) is 49.7 Å². The van der Waals surface area contributed by atoms with Crippen LogP contribution in [-0.2, 0) is 16.4 Å². The van der Waals surface area contributed by atoms with Crippen LogP contribution in [-0.4, -0.2) is 30.0 Å². The summed E-state index contributed by atoms with van der Waals surface area (Å²) >= 11 is 0. The third kappa shape index (κ3) is 2.46.